The van der Waals surface area contributed by atoms with E-state index in [0.717, 1.165) is 34.2 Å². The van der Waals surface area contributed by atoms with Crippen LogP contribution in [0.1, 0.15) is 22.6 Å². The molecule has 1 aliphatic heterocycles. The second-order valence-electron chi connectivity index (χ2n) is 3.10. The molecule has 0 fully saturated rings. The van der Waals surface area contributed by atoms with E-state index in [-0.39, 0.29) is 6.42 Å². The van der Waals surface area contributed by atoms with Crippen LogP contribution < -0.4 is 0 Å². The maximum absolute atomic E-state index is 10.6. The maximum atomic E-state index is 10.6. The Labute approximate surface area is 80.1 Å². The number of carboxylic acids is 1. The number of rotatable bonds is 2. The molecule has 70 valence electrons. The van der Waals surface area contributed by atoms with Crippen molar-refractivity contribution in [2.24, 2.45) is 0 Å². The second kappa shape index (κ2) is 3.10. The number of aliphatic carboxylic acids is 1. The van der Waals surface area contributed by atoms with Crippen molar-refractivity contribution in [3.8, 4) is 0 Å². The van der Waals surface area contributed by atoms with Crippen molar-refractivity contribution >= 4 is 17.7 Å². The van der Waals surface area contributed by atoms with Crippen molar-refractivity contribution < 1.29 is 14.3 Å². The quantitative estimate of drug-likeness (QED) is 0.789. The molecule has 0 saturated carbocycles. The summed E-state index contributed by atoms with van der Waals surface area (Å²) in [5.74, 6) is 2.74. The number of fused-ring (bicyclic) bond motifs is 1. The summed E-state index contributed by atoms with van der Waals surface area (Å²) in [4.78, 5) is 10.6. The van der Waals surface area contributed by atoms with Gasteiger partial charge in [-0.3, -0.25) is 4.79 Å². The lowest BCUT2D eigenvalue weighted by Gasteiger charge is -1.96. The Morgan fingerprint density at radius 3 is 3.08 bits per heavy atom. The van der Waals surface area contributed by atoms with E-state index in [9.17, 15) is 4.79 Å². The first kappa shape index (κ1) is 8.69. The highest BCUT2D eigenvalue weighted by Gasteiger charge is 2.23. The van der Waals surface area contributed by atoms with Gasteiger partial charge in [0.1, 0.15) is 11.5 Å². The summed E-state index contributed by atoms with van der Waals surface area (Å²) >= 11 is 1.77. The predicted octanol–water partition coefficient (Wildman–Crippen LogP) is 1.96. The topological polar surface area (TPSA) is 50.4 Å². The van der Waals surface area contributed by atoms with Gasteiger partial charge in [-0.05, 0) is 6.92 Å². The summed E-state index contributed by atoms with van der Waals surface area (Å²) < 4.78 is 5.47. The van der Waals surface area contributed by atoms with Gasteiger partial charge in [-0.15, -0.1) is 11.8 Å². The van der Waals surface area contributed by atoms with Gasteiger partial charge in [-0.2, -0.15) is 0 Å². The van der Waals surface area contributed by atoms with Crippen LogP contribution >= 0.6 is 11.8 Å². The fourth-order valence-electron chi connectivity index (χ4n) is 1.60. The fourth-order valence-corrected chi connectivity index (χ4v) is 2.66. The van der Waals surface area contributed by atoms with E-state index in [1.54, 1.807) is 11.8 Å². The van der Waals surface area contributed by atoms with Crippen molar-refractivity contribution in [2.75, 3.05) is 0 Å². The highest BCUT2D eigenvalue weighted by atomic mass is 32.2. The molecule has 1 aromatic rings. The molecular formula is C9H10O3S. The smallest absolute Gasteiger partial charge is 0.307 e. The average molecular weight is 198 g/mol. The summed E-state index contributed by atoms with van der Waals surface area (Å²) in [6, 6.07) is 0. The van der Waals surface area contributed by atoms with Gasteiger partial charge in [0.2, 0.25) is 0 Å². The largest absolute Gasteiger partial charge is 0.481 e. The van der Waals surface area contributed by atoms with Crippen LogP contribution in [0.15, 0.2) is 4.42 Å². The lowest BCUT2D eigenvalue weighted by Crippen LogP contribution is -2.02. The Morgan fingerprint density at radius 1 is 1.62 bits per heavy atom. The highest BCUT2D eigenvalue weighted by molar-refractivity contribution is 7.98. The Bertz CT molecular complexity index is 354. The van der Waals surface area contributed by atoms with Crippen molar-refractivity contribution in [2.45, 2.75) is 24.9 Å². The molecule has 4 heteroatoms. The molecule has 0 amide bonds. The number of carboxylic acid groups (broad SMARTS) is 1. The van der Waals surface area contributed by atoms with Gasteiger partial charge in [-0.25, -0.2) is 0 Å². The normalized spacial score (nSPS) is 14.5. The molecule has 0 aliphatic carbocycles. The van der Waals surface area contributed by atoms with E-state index >= 15 is 0 Å². The van der Waals surface area contributed by atoms with E-state index in [1.807, 2.05) is 6.92 Å². The summed E-state index contributed by atoms with van der Waals surface area (Å²) in [5, 5.41) is 8.69. The van der Waals surface area contributed by atoms with E-state index in [4.69, 9.17) is 9.52 Å². The third-order valence-electron chi connectivity index (χ3n) is 2.21. The minimum Gasteiger partial charge on any atom is -0.481 e. The Balaban J connectivity index is 2.38. The van der Waals surface area contributed by atoms with Crippen LogP contribution in [0.5, 0.6) is 0 Å². The molecule has 2 rings (SSSR count). The van der Waals surface area contributed by atoms with E-state index in [2.05, 4.69) is 0 Å². The van der Waals surface area contributed by atoms with Gasteiger partial charge in [-0.1, -0.05) is 0 Å². The number of carbonyl (C=O) groups is 1. The number of furan rings is 1. The third kappa shape index (κ3) is 1.46. The van der Waals surface area contributed by atoms with Crippen LogP contribution in [0.25, 0.3) is 0 Å². The van der Waals surface area contributed by atoms with E-state index in [1.165, 1.54) is 0 Å². The fraction of sp³-hybridized carbons (Fsp3) is 0.444. The molecule has 2 heterocycles. The standard InChI is InChI=1S/C9H10O3S/c1-5-6(2-9(10)11)7-3-13-4-8(7)12-5/h2-4H2,1H3,(H,10,11). The van der Waals surface area contributed by atoms with Crippen molar-refractivity contribution in [1.29, 1.82) is 0 Å². The monoisotopic (exact) mass is 198 g/mol. The van der Waals surface area contributed by atoms with Crippen LogP contribution in [0.4, 0.5) is 0 Å². The van der Waals surface area contributed by atoms with E-state index < -0.39 is 5.97 Å². The molecular weight excluding hydrogens is 188 g/mol. The lowest BCUT2D eigenvalue weighted by molar-refractivity contribution is -0.136. The van der Waals surface area contributed by atoms with Crippen molar-refractivity contribution in [1.82, 2.24) is 0 Å². The zero-order chi connectivity index (χ0) is 9.42. The number of aryl methyl sites for hydroxylation is 1. The second-order valence-corrected chi connectivity index (χ2v) is 4.09. The SMILES string of the molecule is Cc1oc2c(c1CC(=O)O)CSC2. The van der Waals surface area contributed by atoms with Crippen LogP contribution in [-0.4, -0.2) is 11.1 Å². The zero-order valence-electron chi connectivity index (χ0n) is 7.29. The lowest BCUT2D eigenvalue weighted by atomic mass is 10.1. The molecule has 0 unspecified atom stereocenters. The predicted molar refractivity (Wildman–Crippen MR) is 49.8 cm³/mol. The summed E-state index contributed by atoms with van der Waals surface area (Å²) in [5.41, 5.74) is 2.00. The number of hydrogen-bond acceptors (Lipinski definition) is 3. The first-order valence-electron chi connectivity index (χ1n) is 4.08. The minimum absolute atomic E-state index is 0.0885. The molecule has 0 atom stereocenters. The molecule has 0 aromatic carbocycles. The van der Waals surface area contributed by atoms with Crippen molar-refractivity contribution in [3.05, 3.63) is 22.6 Å². The summed E-state index contributed by atoms with van der Waals surface area (Å²) in [7, 11) is 0. The molecule has 3 nitrogen and oxygen atoms in total. The van der Waals surface area contributed by atoms with Gasteiger partial charge in [0, 0.05) is 16.9 Å². The van der Waals surface area contributed by atoms with Gasteiger partial charge in [0.15, 0.2) is 0 Å². The Kier molecular flexibility index (Phi) is 2.07. The maximum Gasteiger partial charge on any atom is 0.307 e. The molecule has 1 aromatic heterocycles. The number of hydrogen-bond donors (Lipinski definition) is 1. The summed E-state index contributed by atoms with van der Waals surface area (Å²) in [6.07, 6.45) is 0.0885. The van der Waals surface area contributed by atoms with Crippen molar-refractivity contribution in [3.63, 3.8) is 0 Å². The zero-order valence-corrected chi connectivity index (χ0v) is 8.11. The van der Waals surface area contributed by atoms with Crippen LogP contribution in [0, 0.1) is 6.92 Å². The molecule has 0 radical (unpaired) electrons. The average Bonchev–Trinajstić information content (AvgIpc) is 2.55. The third-order valence-corrected chi connectivity index (χ3v) is 3.17. The van der Waals surface area contributed by atoms with Gasteiger partial charge in [0.25, 0.3) is 0 Å². The summed E-state index contributed by atoms with van der Waals surface area (Å²) in [6.45, 7) is 1.83. The Hall–Kier alpha value is -0.900. The van der Waals surface area contributed by atoms with Crippen LogP contribution in [-0.2, 0) is 22.7 Å². The number of thioether (sulfide) groups is 1. The van der Waals surface area contributed by atoms with Gasteiger partial charge < -0.3 is 9.52 Å². The molecule has 13 heavy (non-hydrogen) atoms. The molecule has 0 bridgehead atoms. The molecule has 1 aliphatic rings. The first-order valence-corrected chi connectivity index (χ1v) is 5.23. The van der Waals surface area contributed by atoms with Gasteiger partial charge >= 0.3 is 5.97 Å². The Morgan fingerprint density at radius 2 is 2.38 bits per heavy atom. The highest BCUT2D eigenvalue weighted by Crippen LogP contribution is 2.36. The van der Waals surface area contributed by atoms with Gasteiger partial charge in [0.05, 0.1) is 12.2 Å². The minimum atomic E-state index is -0.788. The molecule has 0 spiro atoms. The first-order chi connectivity index (χ1) is 6.18. The van der Waals surface area contributed by atoms with E-state index in [0.29, 0.717) is 0 Å². The van der Waals surface area contributed by atoms with Crippen LogP contribution in [0.3, 0.4) is 0 Å². The molecule has 0 saturated heterocycles. The van der Waals surface area contributed by atoms with Crippen LogP contribution in [0.2, 0.25) is 0 Å². The molecule has 1 N–H and O–H groups in total.